The van der Waals surface area contributed by atoms with Crippen LogP contribution in [0, 0.1) is 0 Å². The van der Waals surface area contributed by atoms with Crippen LogP contribution in [0.25, 0.3) is 54.5 Å². The Labute approximate surface area is 158 Å². The summed E-state index contributed by atoms with van der Waals surface area (Å²) in [6, 6.07) is 21.4. The number of aromatic amines is 1. The first-order valence-electron chi connectivity index (χ1n) is 8.78. The molecule has 0 aliphatic rings. The molecule has 0 radical (unpaired) electrons. The van der Waals surface area contributed by atoms with E-state index in [4.69, 9.17) is 4.42 Å². The molecule has 0 unspecified atom stereocenters. The molecule has 0 bridgehead atoms. The largest absolute Gasteiger partial charge is 0.454 e. The third-order valence-corrected chi connectivity index (χ3v) is 5.88. The van der Waals surface area contributed by atoms with Gasteiger partial charge >= 0.3 is 0 Å². The van der Waals surface area contributed by atoms with Gasteiger partial charge in [0.25, 0.3) is 0 Å². The quantitative estimate of drug-likeness (QED) is 0.364. The van der Waals surface area contributed by atoms with Crippen molar-refractivity contribution < 1.29 is 4.42 Å². The zero-order valence-electron chi connectivity index (χ0n) is 14.3. The van der Waals surface area contributed by atoms with Crippen molar-refractivity contribution in [2.24, 2.45) is 0 Å². The first-order chi connectivity index (χ1) is 13.3. The van der Waals surface area contributed by atoms with Gasteiger partial charge in [-0.25, -0.2) is 0 Å². The van der Waals surface area contributed by atoms with Gasteiger partial charge in [-0.2, -0.15) is 0 Å². The Kier molecular flexibility index (Phi) is 3.04. The van der Waals surface area contributed by atoms with Crippen molar-refractivity contribution in [1.29, 1.82) is 0 Å². The van der Waals surface area contributed by atoms with Crippen LogP contribution in [0.4, 0.5) is 0 Å². The lowest BCUT2D eigenvalue weighted by atomic mass is 10.1. The van der Waals surface area contributed by atoms with Crippen LogP contribution in [-0.2, 0) is 0 Å². The highest BCUT2D eigenvalue weighted by Crippen LogP contribution is 2.33. The molecule has 0 aliphatic carbocycles. The topological polar surface area (TPSA) is 41.8 Å². The van der Waals surface area contributed by atoms with E-state index in [9.17, 15) is 0 Å². The van der Waals surface area contributed by atoms with Crippen LogP contribution < -0.4 is 0 Å². The fourth-order valence-electron chi connectivity index (χ4n) is 3.58. The van der Waals surface area contributed by atoms with Gasteiger partial charge in [-0.1, -0.05) is 24.3 Å². The number of benzene rings is 2. The first kappa shape index (κ1) is 14.8. The van der Waals surface area contributed by atoms with Gasteiger partial charge in [-0.3, -0.25) is 4.98 Å². The number of nitrogens with one attached hydrogen (secondary N) is 1. The summed E-state index contributed by atoms with van der Waals surface area (Å²) in [5, 5.41) is 5.69. The number of aromatic nitrogens is 2. The van der Waals surface area contributed by atoms with Crippen LogP contribution in [0.2, 0.25) is 0 Å². The van der Waals surface area contributed by atoms with E-state index in [0.717, 1.165) is 33.5 Å². The van der Waals surface area contributed by atoms with E-state index in [0.29, 0.717) is 0 Å². The molecule has 0 aliphatic heterocycles. The maximum Gasteiger partial charge on any atom is 0.153 e. The molecule has 0 atom stereocenters. The Morgan fingerprint density at radius 1 is 0.815 bits per heavy atom. The van der Waals surface area contributed by atoms with Crippen LogP contribution in [0.1, 0.15) is 0 Å². The molecule has 3 nitrogen and oxygen atoms in total. The molecule has 2 aromatic carbocycles. The normalized spacial score (nSPS) is 11.7. The van der Waals surface area contributed by atoms with Gasteiger partial charge < -0.3 is 9.40 Å². The predicted octanol–water partition coefficient (Wildman–Crippen LogP) is 6.86. The van der Waals surface area contributed by atoms with E-state index >= 15 is 0 Å². The lowest BCUT2D eigenvalue weighted by Gasteiger charge is -1.98. The van der Waals surface area contributed by atoms with E-state index in [2.05, 4.69) is 69.9 Å². The summed E-state index contributed by atoms with van der Waals surface area (Å²) in [7, 11) is 0. The summed E-state index contributed by atoms with van der Waals surface area (Å²) < 4.78 is 7.27. The summed E-state index contributed by atoms with van der Waals surface area (Å²) in [6.07, 6.45) is 3.54. The second-order valence-corrected chi connectivity index (χ2v) is 7.63. The molecule has 0 saturated heterocycles. The van der Waals surface area contributed by atoms with E-state index in [1.807, 2.05) is 6.07 Å². The van der Waals surface area contributed by atoms with Gasteiger partial charge in [0.1, 0.15) is 5.76 Å². The predicted molar refractivity (Wildman–Crippen MR) is 112 cm³/mol. The number of furan rings is 1. The van der Waals surface area contributed by atoms with Crippen molar-refractivity contribution >= 4 is 43.3 Å². The van der Waals surface area contributed by atoms with Crippen molar-refractivity contribution in [3.63, 3.8) is 0 Å². The third kappa shape index (κ3) is 2.38. The van der Waals surface area contributed by atoms with Crippen LogP contribution >= 0.6 is 11.3 Å². The second-order valence-electron chi connectivity index (χ2n) is 6.68. The Morgan fingerprint density at radius 3 is 2.70 bits per heavy atom. The van der Waals surface area contributed by atoms with E-state index < -0.39 is 0 Å². The van der Waals surface area contributed by atoms with Crippen molar-refractivity contribution in [3.8, 4) is 22.6 Å². The monoisotopic (exact) mass is 366 g/mol. The molecular weight excluding hydrogens is 352 g/mol. The Hall–Kier alpha value is -3.37. The number of hydrogen-bond acceptors (Lipinski definition) is 3. The fraction of sp³-hybridized carbons (Fsp3) is 0. The highest BCUT2D eigenvalue weighted by Gasteiger charge is 2.09. The molecule has 6 rings (SSSR count). The summed E-state index contributed by atoms with van der Waals surface area (Å²) in [5.41, 5.74) is 5.31. The summed E-state index contributed by atoms with van der Waals surface area (Å²) >= 11 is 1.77. The molecule has 0 spiro atoms. The maximum absolute atomic E-state index is 5.96. The summed E-state index contributed by atoms with van der Waals surface area (Å²) in [5.74, 6) is 0.857. The van der Waals surface area contributed by atoms with E-state index in [1.165, 1.54) is 21.0 Å². The maximum atomic E-state index is 5.96. The number of hydrogen-bond donors (Lipinski definition) is 1. The van der Waals surface area contributed by atoms with Crippen molar-refractivity contribution in [1.82, 2.24) is 9.97 Å². The zero-order chi connectivity index (χ0) is 17.8. The van der Waals surface area contributed by atoms with Gasteiger partial charge in [-0.15, -0.1) is 11.3 Å². The minimum absolute atomic E-state index is 0.809. The van der Waals surface area contributed by atoms with Crippen molar-refractivity contribution in [3.05, 3.63) is 78.4 Å². The lowest BCUT2D eigenvalue weighted by Crippen LogP contribution is -1.77. The number of H-pyrrole nitrogens is 1. The van der Waals surface area contributed by atoms with Crippen LogP contribution in [0.15, 0.2) is 82.9 Å². The van der Waals surface area contributed by atoms with Gasteiger partial charge in [0, 0.05) is 38.4 Å². The lowest BCUT2D eigenvalue weighted by molar-refractivity contribution is 0.630. The standard InChI is InChI=1S/C23H14N2OS/c1-2-16(12-23-14(1)6-8-27-23)19-9-15-3-4-17(10-20(15)25-19)21-11-18-5-7-24-13-22(18)26-21/h1-13,25H. The molecule has 4 aromatic heterocycles. The van der Waals surface area contributed by atoms with Crippen LogP contribution in [0.5, 0.6) is 0 Å². The molecule has 4 heteroatoms. The number of fused-ring (bicyclic) bond motifs is 3. The Morgan fingerprint density at radius 2 is 1.74 bits per heavy atom. The van der Waals surface area contributed by atoms with Gasteiger partial charge in [0.2, 0.25) is 0 Å². The van der Waals surface area contributed by atoms with Crippen LogP contribution in [-0.4, -0.2) is 9.97 Å². The van der Waals surface area contributed by atoms with Gasteiger partial charge in [0.05, 0.1) is 6.20 Å². The average molecular weight is 366 g/mol. The highest BCUT2D eigenvalue weighted by atomic mass is 32.1. The molecule has 0 fully saturated rings. The van der Waals surface area contributed by atoms with Gasteiger partial charge in [0.15, 0.2) is 5.58 Å². The summed E-state index contributed by atoms with van der Waals surface area (Å²) in [6.45, 7) is 0. The Bertz CT molecular complexity index is 1400. The minimum Gasteiger partial charge on any atom is -0.454 e. The molecule has 6 aromatic rings. The number of thiophene rings is 1. The molecule has 0 saturated carbocycles. The fourth-order valence-corrected chi connectivity index (χ4v) is 4.41. The van der Waals surface area contributed by atoms with Crippen LogP contribution in [0.3, 0.4) is 0 Å². The first-order valence-corrected chi connectivity index (χ1v) is 9.66. The minimum atomic E-state index is 0.809. The molecule has 1 N–H and O–H groups in total. The number of nitrogens with zero attached hydrogens (tertiary/aromatic N) is 1. The van der Waals surface area contributed by atoms with E-state index in [-0.39, 0.29) is 0 Å². The highest BCUT2D eigenvalue weighted by molar-refractivity contribution is 7.17. The van der Waals surface area contributed by atoms with Crippen molar-refractivity contribution in [2.75, 3.05) is 0 Å². The summed E-state index contributed by atoms with van der Waals surface area (Å²) in [4.78, 5) is 7.69. The smallest absolute Gasteiger partial charge is 0.153 e. The number of pyridine rings is 1. The molecule has 27 heavy (non-hydrogen) atoms. The van der Waals surface area contributed by atoms with Crippen molar-refractivity contribution in [2.45, 2.75) is 0 Å². The van der Waals surface area contributed by atoms with E-state index in [1.54, 1.807) is 23.7 Å². The SMILES string of the molecule is c1cc2cc(-c3ccc4cc(-c5ccc6ccsc6c5)[nH]c4c3)oc2cn1. The molecule has 4 heterocycles. The molecule has 128 valence electrons. The third-order valence-electron chi connectivity index (χ3n) is 5.00. The zero-order valence-corrected chi connectivity index (χ0v) is 15.1. The van der Waals surface area contributed by atoms with Gasteiger partial charge in [-0.05, 0) is 52.7 Å². The Balaban J connectivity index is 1.46. The second kappa shape index (κ2) is 5.56. The molecule has 0 amide bonds. The molecular formula is C23H14N2OS. The number of rotatable bonds is 2. The average Bonchev–Trinajstić information content (AvgIpc) is 3.42.